The molecule has 20 nitrogen and oxygen atoms in total. The van der Waals surface area contributed by atoms with Gasteiger partial charge in [-0.1, -0.05) is 111 Å². The Labute approximate surface area is 522 Å². The fourth-order valence-corrected chi connectivity index (χ4v) is 11.5. The summed E-state index contributed by atoms with van der Waals surface area (Å²) in [5, 5.41) is 0. The lowest BCUT2D eigenvalue weighted by atomic mass is 9.89. The summed E-state index contributed by atoms with van der Waals surface area (Å²) < 4.78 is 80.0. The van der Waals surface area contributed by atoms with E-state index in [1.54, 1.807) is 96.9 Å². The summed E-state index contributed by atoms with van der Waals surface area (Å²) >= 11 is 0. The Morgan fingerprint density at radius 1 is 0.302 bits per heavy atom. The van der Waals surface area contributed by atoms with Crippen LogP contribution < -0.4 is 0 Å². The molecule has 0 aliphatic carbocycles. The molecule has 0 amide bonds. The van der Waals surface area contributed by atoms with Crippen LogP contribution in [0.5, 0.6) is 0 Å². The summed E-state index contributed by atoms with van der Waals surface area (Å²) in [6.07, 6.45) is 19.8. The van der Waals surface area contributed by atoms with Crippen molar-refractivity contribution in [2.24, 2.45) is 32.5 Å². The van der Waals surface area contributed by atoms with Gasteiger partial charge in [0.05, 0.1) is 66.1 Å². The predicted octanol–water partition coefficient (Wildman–Crippen LogP) is 11.8. The molecule has 0 spiro atoms. The van der Waals surface area contributed by atoms with Crippen molar-refractivity contribution in [1.82, 2.24) is 0 Å². The normalized spacial score (nSPS) is 20.9. The maximum absolute atomic E-state index is 13.6. The number of ether oxygens (including phenoxy) is 14. The van der Waals surface area contributed by atoms with Crippen molar-refractivity contribution >= 4 is 57.4 Å². The molecule has 0 aromatic carbocycles. The molecule has 0 unspecified atom stereocenters. The summed E-state index contributed by atoms with van der Waals surface area (Å²) in [7, 11) is 3.97. The van der Waals surface area contributed by atoms with E-state index < -0.39 is 91.5 Å². The molecule has 0 aromatic rings. The predicted molar refractivity (Wildman–Crippen MR) is 326 cm³/mol. The molecule has 86 heavy (non-hydrogen) atoms. The minimum Gasteiger partial charge on any atom is -0.465 e. The molecule has 4 rings (SSSR count). The maximum atomic E-state index is 13.6. The molecule has 4 heterocycles. The van der Waals surface area contributed by atoms with Gasteiger partial charge in [-0.05, 0) is 123 Å². The number of esters is 6. The Kier molecular flexibility index (Phi) is 30.4. The van der Waals surface area contributed by atoms with E-state index >= 15 is 0 Å². The summed E-state index contributed by atoms with van der Waals surface area (Å²) in [6.45, 7) is 23.8. The molecule has 0 N–H and O–H groups in total. The van der Waals surface area contributed by atoms with Crippen molar-refractivity contribution in [3.05, 3.63) is 0 Å². The second-order valence-corrected chi connectivity index (χ2v) is 30.6. The van der Waals surface area contributed by atoms with E-state index in [0.29, 0.717) is 12.8 Å². The van der Waals surface area contributed by atoms with Crippen LogP contribution in [-0.2, 0) is 95.1 Å². The average Bonchev–Trinajstić information content (AvgIpc) is 1.75. The van der Waals surface area contributed by atoms with E-state index in [2.05, 4.69) is 0 Å². The number of unbranched alkanes of at least 4 members (excludes halogenated alkanes) is 16. The van der Waals surface area contributed by atoms with Crippen LogP contribution in [0.15, 0.2) is 0 Å². The lowest BCUT2D eigenvalue weighted by molar-refractivity contribution is -0.283. The Morgan fingerprint density at radius 3 is 0.698 bits per heavy atom. The highest BCUT2D eigenvalue weighted by Crippen LogP contribution is 2.37. The molecule has 498 valence electrons. The highest BCUT2D eigenvalue weighted by molar-refractivity contribution is 8.76. The van der Waals surface area contributed by atoms with Crippen LogP contribution in [0.1, 0.15) is 213 Å². The van der Waals surface area contributed by atoms with E-state index in [-0.39, 0.29) is 92.5 Å². The monoisotopic (exact) mass is 1260 g/mol. The highest BCUT2D eigenvalue weighted by Gasteiger charge is 2.50. The van der Waals surface area contributed by atoms with Gasteiger partial charge in [-0.2, -0.15) is 0 Å². The third-order valence-electron chi connectivity index (χ3n) is 16.2. The second kappa shape index (κ2) is 34.6. The van der Waals surface area contributed by atoms with Crippen molar-refractivity contribution in [2.75, 3.05) is 104 Å². The van der Waals surface area contributed by atoms with Crippen LogP contribution >= 0.6 is 21.6 Å². The Morgan fingerprint density at radius 2 is 0.488 bits per heavy atom. The molecule has 4 aliphatic rings. The van der Waals surface area contributed by atoms with Crippen molar-refractivity contribution in [2.45, 2.75) is 236 Å². The Hall–Kier alpha value is -2.80. The van der Waals surface area contributed by atoms with Gasteiger partial charge < -0.3 is 66.3 Å². The van der Waals surface area contributed by atoms with Gasteiger partial charge in [-0.3, -0.25) is 28.8 Å². The third kappa shape index (κ3) is 25.8. The van der Waals surface area contributed by atoms with Crippen molar-refractivity contribution in [3.63, 3.8) is 0 Å². The van der Waals surface area contributed by atoms with Gasteiger partial charge in [0.1, 0.15) is 58.9 Å². The molecule has 4 aliphatic heterocycles. The third-order valence-corrected chi connectivity index (χ3v) is 18.8. The van der Waals surface area contributed by atoms with Gasteiger partial charge >= 0.3 is 35.8 Å². The van der Waals surface area contributed by atoms with E-state index in [9.17, 15) is 28.8 Å². The number of rotatable bonds is 39. The number of carbonyl (C=O) groups is 6. The molecule has 0 bridgehead atoms. The molecule has 0 saturated carbocycles. The SMILES string of the molecule is CC1(C)OCC(C)(C(=O)OCC(C)(COC(=O)C2(C)COC(C)(C)OC2)C(=O)OCCCCCCCCCCCSSCCCCCCCCCCCOC(=O)C(C)(COC(=O)C2(C)COC(C)(C)OC2)COC(=O)C2(C)COC(C)(C)OC2)CO1. The van der Waals surface area contributed by atoms with Crippen molar-refractivity contribution in [1.29, 1.82) is 0 Å². The summed E-state index contributed by atoms with van der Waals surface area (Å²) in [6, 6.07) is 0. The molecule has 0 aromatic heterocycles. The largest absolute Gasteiger partial charge is 0.465 e. The number of hydrogen-bond acceptors (Lipinski definition) is 22. The zero-order valence-electron chi connectivity index (χ0n) is 55.0. The minimum atomic E-state index is -1.46. The van der Waals surface area contributed by atoms with Gasteiger partial charge in [-0.25, -0.2) is 0 Å². The van der Waals surface area contributed by atoms with Gasteiger partial charge in [0, 0.05) is 11.5 Å². The summed E-state index contributed by atoms with van der Waals surface area (Å²) in [5.41, 5.74) is -7.21. The Bertz CT molecular complexity index is 1840. The molecule has 0 atom stereocenters. The van der Waals surface area contributed by atoms with Crippen molar-refractivity contribution in [3.8, 4) is 0 Å². The van der Waals surface area contributed by atoms with E-state index in [4.69, 9.17) is 66.3 Å². The van der Waals surface area contributed by atoms with Crippen LogP contribution in [-0.4, -0.2) is 163 Å². The van der Waals surface area contributed by atoms with Gasteiger partial charge in [0.2, 0.25) is 0 Å². The number of hydrogen-bond donors (Lipinski definition) is 0. The quantitative estimate of drug-likeness (QED) is 0.0241. The molecule has 22 heteroatoms. The van der Waals surface area contributed by atoms with Gasteiger partial charge in [0.25, 0.3) is 0 Å². The lowest BCUT2D eigenvalue weighted by Crippen LogP contribution is -2.51. The molecule has 0 radical (unpaired) electrons. The molecule has 4 saturated heterocycles. The summed E-state index contributed by atoms with van der Waals surface area (Å²) in [5.74, 6) is -4.49. The van der Waals surface area contributed by atoms with Crippen LogP contribution in [0.4, 0.5) is 0 Å². The van der Waals surface area contributed by atoms with E-state index in [0.717, 1.165) is 38.5 Å². The lowest BCUT2D eigenvalue weighted by Gasteiger charge is -2.40. The smallest absolute Gasteiger partial charge is 0.318 e. The molecular formula is C64H110O20S2. The van der Waals surface area contributed by atoms with Crippen LogP contribution in [0.3, 0.4) is 0 Å². The van der Waals surface area contributed by atoms with Crippen LogP contribution in [0.25, 0.3) is 0 Å². The summed E-state index contributed by atoms with van der Waals surface area (Å²) in [4.78, 5) is 80.3. The molecular weight excluding hydrogens is 1150 g/mol. The first-order chi connectivity index (χ1) is 40.2. The van der Waals surface area contributed by atoms with Crippen molar-refractivity contribution < 1.29 is 95.1 Å². The van der Waals surface area contributed by atoms with E-state index in [1.165, 1.54) is 75.7 Å². The Balaban J connectivity index is 0.982. The maximum Gasteiger partial charge on any atom is 0.318 e. The minimum absolute atomic E-state index is 0.0903. The zero-order chi connectivity index (χ0) is 63.8. The van der Waals surface area contributed by atoms with Crippen LogP contribution in [0.2, 0.25) is 0 Å². The first-order valence-electron chi connectivity index (χ1n) is 31.6. The first-order valence-corrected chi connectivity index (χ1v) is 34.1. The highest BCUT2D eigenvalue weighted by atomic mass is 33.1. The van der Waals surface area contributed by atoms with Crippen LogP contribution in [0, 0.1) is 32.5 Å². The zero-order valence-corrected chi connectivity index (χ0v) is 56.7. The standard InChI is InChI=1S/C64H110O20S2/c1-55(2)77-41-61(11,42-78-55)51(67)73-37-59(9,38-74-52(68)62(12)43-79-56(3,4)80-44-62)49(65)71-33-29-25-21-17-15-19-23-27-31-35-85-86-36-32-28-24-20-16-18-22-26-30-34-72-50(66)60(10,39-75-53(69)63(13)45-81-57(5,6)82-46-63)40-76-54(70)64(14)47-83-58(7,8)84-48-64/h15-48H2,1-14H3. The van der Waals surface area contributed by atoms with Gasteiger partial charge in [-0.15, -0.1) is 0 Å². The topological polar surface area (TPSA) is 232 Å². The average molecular weight is 1260 g/mol. The van der Waals surface area contributed by atoms with Gasteiger partial charge in [0.15, 0.2) is 23.1 Å². The fourth-order valence-electron chi connectivity index (χ4n) is 9.18. The fraction of sp³-hybridized carbons (Fsp3) is 0.906. The second-order valence-electron chi connectivity index (χ2n) is 27.9. The number of carbonyl (C=O) groups excluding carboxylic acids is 6. The first kappa shape index (κ1) is 75.7. The van der Waals surface area contributed by atoms with E-state index in [1.807, 2.05) is 21.6 Å². The molecule has 4 fully saturated rings.